The Balaban J connectivity index is 2.04. The lowest BCUT2D eigenvalue weighted by Crippen LogP contribution is -2.51. The lowest BCUT2D eigenvalue weighted by molar-refractivity contribution is -0.149. The average molecular weight is 312 g/mol. The van der Waals surface area contributed by atoms with Crippen molar-refractivity contribution < 1.29 is 14.3 Å². The number of benzene rings is 1. The first-order chi connectivity index (χ1) is 9.86. The van der Waals surface area contributed by atoms with Gasteiger partial charge in [-0.3, -0.25) is 4.79 Å². The summed E-state index contributed by atoms with van der Waals surface area (Å²) >= 11 is 6.11. The van der Waals surface area contributed by atoms with Crippen LogP contribution in [0.1, 0.15) is 26.3 Å². The molecule has 4 nitrogen and oxygen atoms in total. The average Bonchev–Trinajstić information content (AvgIpc) is 2.41. The second-order valence-electron chi connectivity index (χ2n) is 5.69. The number of halogens is 1. The largest absolute Gasteiger partial charge is 0.479 e. The molecule has 0 radical (unpaired) electrons. The maximum Gasteiger partial charge on any atom is 0.263 e. The van der Waals surface area contributed by atoms with Gasteiger partial charge in [0.15, 0.2) is 6.10 Å². The predicted octanol–water partition coefficient (Wildman–Crippen LogP) is 3.05. The van der Waals surface area contributed by atoms with E-state index in [1.807, 2.05) is 32.9 Å². The van der Waals surface area contributed by atoms with Crippen molar-refractivity contribution in [3.8, 4) is 5.75 Å². The summed E-state index contributed by atoms with van der Waals surface area (Å²) < 4.78 is 11.4. The molecule has 1 aromatic carbocycles. The van der Waals surface area contributed by atoms with Crippen LogP contribution in [0.4, 0.5) is 0 Å². The third-order valence-corrected chi connectivity index (χ3v) is 3.78. The highest BCUT2D eigenvalue weighted by Crippen LogP contribution is 2.26. The zero-order valence-electron chi connectivity index (χ0n) is 12.9. The van der Waals surface area contributed by atoms with Crippen LogP contribution < -0.4 is 4.74 Å². The quantitative estimate of drug-likeness (QED) is 0.861. The van der Waals surface area contributed by atoms with Crippen LogP contribution in [0.5, 0.6) is 5.75 Å². The van der Waals surface area contributed by atoms with Gasteiger partial charge < -0.3 is 14.4 Å². The van der Waals surface area contributed by atoms with Crippen molar-refractivity contribution in [3.05, 3.63) is 28.8 Å². The van der Waals surface area contributed by atoms with E-state index in [-0.39, 0.29) is 18.1 Å². The molecule has 0 aromatic heterocycles. The summed E-state index contributed by atoms with van der Waals surface area (Å²) in [6, 6.07) is 5.53. The van der Waals surface area contributed by atoms with E-state index in [9.17, 15) is 4.79 Å². The molecule has 0 aliphatic carbocycles. The molecule has 2 rings (SSSR count). The molecule has 1 aromatic rings. The van der Waals surface area contributed by atoms with Crippen LogP contribution in [0, 0.1) is 6.92 Å². The first-order valence-corrected chi connectivity index (χ1v) is 7.61. The summed E-state index contributed by atoms with van der Waals surface area (Å²) in [5, 5.41) is 0.518. The Hall–Kier alpha value is -1.26. The van der Waals surface area contributed by atoms with Gasteiger partial charge >= 0.3 is 0 Å². The molecule has 0 unspecified atom stereocenters. The first kappa shape index (κ1) is 16.1. The molecule has 1 aliphatic heterocycles. The summed E-state index contributed by atoms with van der Waals surface area (Å²) in [7, 11) is 0. The molecule has 1 amide bonds. The van der Waals surface area contributed by atoms with Gasteiger partial charge in [-0.1, -0.05) is 17.7 Å². The Morgan fingerprint density at radius 2 is 2.00 bits per heavy atom. The van der Waals surface area contributed by atoms with Crippen molar-refractivity contribution in [1.29, 1.82) is 0 Å². The summed E-state index contributed by atoms with van der Waals surface area (Å²) in [5.41, 5.74) is 1.04. The van der Waals surface area contributed by atoms with E-state index < -0.39 is 6.10 Å². The summed E-state index contributed by atoms with van der Waals surface area (Å²) in [6.45, 7) is 8.85. The summed E-state index contributed by atoms with van der Waals surface area (Å²) in [6.07, 6.45) is -0.471. The van der Waals surface area contributed by atoms with Gasteiger partial charge in [0.1, 0.15) is 5.75 Å². The highest BCUT2D eigenvalue weighted by atomic mass is 35.5. The van der Waals surface area contributed by atoms with Crippen LogP contribution in [0.25, 0.3) is 0 Å². The molecule has 1 heterocycles. The normalized spacial score (nSPS) is 23.8. The number of nitrogens with zero attached hydrogens (tertiary/aromatic N) is 1. The Morgan fingerprint density at radius 1 is 1.38 bits per heavy atom. The number of carbonyl (C=O) groups excluding carboxylic acids is 1. The fraction of sp³-hybridized carbons (Fsp3) is 0.562. The highest BCUT2D eigenvalue weighted by molar-refractivity contribution is 6.32. The molecule has 1 saturated heterocycles. The van der Waals surface area contributed by atoms with E-state index in [0.717, 1.165) is 5.56 Å². The van der Waals surface area contributed by atoms with E-state index in [1.54, 1.807) is 17.9 Å². The lowest BCUT2D eigenvalue weighted by Gasteiger charge is -2.36. The second kappa shape index (κ2) is 6.67. The first-order valence-electron chi connectivity index (χ1n) is 7.24. The SMILES string of the molecule is Cc1ccc(Cl)c(O[C@H](C)C(=O)N2C[C@H](C)O[C@@H](C)C2)c1. The number of amides is 1. The minimum atomic E-state index is -0.568. The number of carbonyl (C=O) groups is 1. The van der Waals surface area contributed by atoms with E-state index in [0.29, 0.717) is 23.9 Å². The molecule has 5 heteroatoms. The van der Waals surface area contributed by atoms with Crippen molar-refractivity contribution in [2.45, 2.75) is 46.0 Å². The molecular weight excluding hydrogens is 290 g/mol. The number of ether oxygens (including phenoxy) is 2. The van der Waals surface area contributed by atoms with Gasteiger partial charge in [-0.2, -0.15) is 0 Å². The number of morpholine rings is 1. The Morgan fingerprint density at radius 3 is 2.62 bits per heavy atom. The molecule has 21 heavy (non-hydrogen) atoms. The minimum absolute atomic E-state index is 0.0328. The number of aryl methyl sites for hydroxylation is 1. The van der Waals surface area contributed by atoms with Gasteiger partial charge in [0.25, 0.3) is 5.91 Å². The zero-order valence-corrected chi connectivity index (χ0v) is 13.7. The molecule has 3 atom stereocenters. The number of rotatable bonds is 3. The molecule has 0 bridgehead atoms. The molecule has 1 aliphatic rings. The van der Waals surface area contributed by atoms with Gasteiger partial charge in [-0.05, 0) is 45.4 Å². The maximum absolute atomic E-state index is 12.5. The van der Waals surface area contributed by atoms with Gasteiger partial charge in [-0.25, -0.2) is 0 Å². The van der Waals surface area contributed by atoms with Gasteiger partial charge in [0.05, 0.1) is 17.2 Å². The van der Waals surface area contributed by atoms with Gasteiger partial charge in [0, 0.05) is 13.1 Å². The van der Waals surface area contributed by atoms with Crippen molar-refractivity contribution >= 4 is 17.5 Å². The van der Waals surface area contributed by atoms with Crippen molar-refractivity contribution in [2.24, 2.45) is 0 Å². The van der Waals surface area contributed by atoms with Gasteiger partial charge in [-0.15, -0.1) is 0 Å². The van der Waals surface area contributed by atoms with Gasteiger partial charge in [0.2, 0.25) is 0 Å². The molecule has 0 saturated carbocycles. The van der Waals surface area contributed by atoms with Crippen molar-refractivity contribution in [1.82, 2.24) is 4.90 Å². The predicted molar refractivity (Wildman–Crippen MR) is 82.9 cm³/mol. The van der Waals surface area contributed by atoms with Crippen LogP contribution in [-0.2, 0) is 9.53 Å². The Kier molecular flexibility index (Phi) is 5.12. The summed E-state index contributed by atoms with van der Waals surface area (Å²) in [4.78, 5) is 14.3. The van der Waals surface area contributed by atoms with E-state index in [1.165, 1.54) is 0 Å². The minimum Gasteiger partial charge on any atom is -0.479 e. The standard InChI is InChI=1S/C16H22ClNO3/c1-10-5-6-14(17)15(7-10)21-13(4)16(19)18-8-11(2)20-12(3)9-18/h5-7,11-13H,8-9H2,1-4H3/t11-,12-,13+/m0/s1. The third-order valence-electron chi connectivity index (χ3n) is 3.47. The highest BCUT2D eigenvalue weighted by Gasteiger charge is 2.29. The number of hydrogen-bond donors (Lipinski definition) is 0. The molecule has 0 N–H and O–H groups in total. The van der Waals surface area contributed by atoms with E-state index >= 15 is 0 Å². The van der Waals surface area contributed by atoms with Crippen LogP contribution in [0.2, 0.25) is 5.02 Å². The second-order valence-corrected chi connectivity index (χ2v) is 6.10. The zero-order chi connectivity index (χ0) is 15.6. The van der Waals surface area contributed by atoms with Crippen molar-refractivity contribution in [3.63, 3.8) is 0 Å². The van der Waals surface area contributed by atoms with E-state index in [4.69, 9.17) is 21.1 Å². The third kappa shape index (κ3) is 4.11. The van der Waals surface area contributed by atoms with Crippen LogP contribution in [0.3, 0.4) is 0 Å². The van der Waals surface area contributed by atoms with Crippen LogP contribution >= 0.6 is 11.6 Å². The Labute approximate surface area is 131 Å². The smallest absolute Gasteiger partial charge is 0.263 e. The fourth-order valence-electron chi connectivity index (χ4n) is 2.56. The maximum atomic E-state index is 12.5. The van der Waals surface area contributed by atoms with E-state index in [2.05, 4.69) is 0 Å². The molecular formula is C16H22ClNO3. The molecule has 0 spiro atoms. The molecule has 116 valence electrons. The van der Waals surface area contributed by atoms with Crippen LogP contribution in [0.15, 0.2) is 18.2 Å². The topological polar surface area (TPSA) is 38.8 Å². The van der Waals surface area contributed by atoms with Crippen LogP contribution in [-0.4, -0.2) is 42.2 Å². The monoisotopic (exact) mass is 311 g/mol. The number of hydrogen-bond acceptors (Lipinski definition) is 3. The molecule has 1 fully saturated rings. The Bertz CT molecular complexity index is 510. The summed E-state index contributed by atoms with van der Waals surface area (Å²) in [5.74, 6) is 0.515. The fourth-order valence-corrected chi connectivity index (χ4v) is 2.72. The van der Waals surface area contributed by atoms with Crippen molar-refractivity contribution in [2.75, 3.05) is 13.1 Å². The lowest BCUT2D eigenvalue weighted by atomic mass is 10.2.